The van der Waals surface area contributed by atoms with E-state index in [1.54, 1.807) is 0 Å². The highest BCUT2D eigenvalue weighted by Crippen LogP contribution is 2.24. The Morgan fingerprint density at radius 3 is 2.69 bits per heavy atom. The Morgan fingerprint density at radius 2 is 2.31 bits per heavy atom. The van der Waals surface area contributed by atoms with Crippen LogP contribution in [0.2, 0.25) is 0 Å². The van der Waals surface area contributed by atoms with Crippen LogP contribution in [0.5, 0.6) is 0 Å². The number of hydrogen-bond acceptors (Lipinski definition) is 3. The summed E-state index contributed by atoms with van der Waals surface area (Å²) in [4.78, 5) is 14.3. The molecule has 0 saturated heterocycles. The van der Waals surface area contributed by atoms with E-state index in [4.69, 9.17) is 10.4 Å². The standard InChI is InChI=1S/C9H5BrF2N2O2/c10-2-6-5(9(15)16)1-4(3-13)7(14-6)8(11)12/h1,8H,2H2,(H,15,16). The predicted octanol–water partition coefficient (Wildman–Crippen LogP) is 2.48. The summed E-state index contributed by atoms with van der Waals surface area (Å²) in [5, 5.41) is 17.4. The minimum Gasteiger partial charge on any atom is -0.478 e. The van der Waals surface area contributed by atoms with Gasteiger partial charge in [0, 0.05) is 5.33 Å². The highest BCUT2D eigenvalue weighted by Gasteiger charge is 2.20. The fourth-order valence-corrected chi connectivity index (χ4v) is 1.54. The lowest BCUT2D eigenvalue weighted by molar-refractivity contribution is 0.0694. The van der Waals surface area contributed by atoms with E-state index >= 15 is 0 Å². The summed E-state index contributed by atoms with van der Waals surface area (Å²) < 4.78 is 25.0. The molecule has 1 heterocycles. The Morgan fingerprint density at radius 1 is 1.69 bits per heavy atom. The molecular formula is C9H5BrF2N2O2. The lowest BCUT2D eigenvalue weighted by Crippen LogP contribution is -2.08. The molecule has 0 saturated carbocycles. The minimum atomic E-state index is -2.91. The summed E-state index contributed by atoms with van der Waals surface area (Å²) in [5.74, 6) is -1.31. The lowest BCUT2D eigenvalue weighted by atomic mass is 10.1. The zero-order chi connectivity index (χ0) is 12.3. The summed E-state index contributed by atoms with van der Waals surface area (Å²) in [6.45, 7) is 0. The monoisotopic (exact) mass is 290 g/mol. The second-order valence-corrected chi connectivity index (χ2v) is 3.33. The molecular weight excluding hydrogens is 286 g/mol. The zero-order valence-electron chi connectivity index (χ0n) is 7.75. The number of halogens is 3. The first-order valence-corrected chi connectivity index (χ1v) is 5.14. The highest BCUT2D eigenvalue weighted by atomic mass is 79.9. The number of aromatic carboxylic acids is 1. The highest BCUT2D eigenvalue weighted by molar-refractivity contribution is 9.08. The SMILES string of the molecule is N#Cc1cc(C(=O)O)c(CBr)nc1C(F)F. The van der Waals surface area contributed by atoms with E-state index in [0.29, 0.717) is 0 Å². The molecule has 0 atom stereocenters. The summed E-state index contributed by atoms with van der Waals surface area (Å²) in [6.07, 6.45) is -2.91. The van der Waals surface area contributed by atoms with Gasteiger partial charge in [0.15, 0.2) is 0 Å². The fourth-order valence-electron chi connectivity index (χ4n) is 1.11. The van der Waals surface area contributed by atoms with E-state index < -0.39 is 23.7 Å². The van der Waals surface area contributed by atoms with Crippen molar-refractivity contribution in [3.05, 3.63) is 28.6 Å². The van der Waals surface area contributed by atoms with Crippen LogP contribution in [-0.2, 0) is 5.33 Å². The number of nitrogens with zero attached hydrogens (tertiary/aromatic N) is 2. The second-order valence-electron chi connectivity index (χ2n) is 2.77. The third kappa shape index (κ3) is 2.33. The van der Waals surface area contributed by atoms with Crippen molar-refractivity contribution in [3.8, 4) is 6.07 Å². The Balaban J connectivity index is 3.48. The van der Waals surface area contributed by atoms with Gasteiger partial charge >= 0.3 is 5.97 Å². The van der Waals surface area contributed by atoms with Gasteiger partial charge in [-0.3, -0.25) is 0 Å². The molecule has 16 heavy (non-hydrogen) atoms. The molecule has 0 spiro atoms. The Bertz CT molecular complexity index is 471. The maximum atomic E-state index is 12.5. The number of rotatable bonds is 3. The molecule has 1 rings (SSSR count). The Hall–Kier alpha value is -1.55. The second kappa shape index (κ2) is 4.99. The average Bonchev–Trinajstić information content (AvgIpc) is 2.26. The number of carboxylic acid groups (broad SMARTS) is 1. The number of alkyl halides is 3. The van der Waals surface area contributed by atoms with Crippen molar-refractivity contribution < 1.29 is 18.7 Å². The van der Waals surface area contributed by atoms with Crippen molar-refractivity contribution in [1.29, 1.82) is 5.26 Å². The average molecular weight is 291 g/mol. The number of hydrogen-bond donors (Lipinski definition) is 1. The quantitative estimate of drug-likeness (QED) is 0.868. The largest absolute Gasteiger partial charge is 0.478 e. The summed E-state index contributed by atoms with van der Waals surface area (Å²) >= 11 is 2.95. The van der Waals surface area contributed by atoms with E-state index in [1.807, 2.05) is 0 Å². The normalized spacial score (nSPS) is 10.2. The number of carbonyl (C=O) groups is 1. The fraction of sp³-hybridized carbons (Fsp3) is 0.222. The van der Waals surface area contributed by atoms with Gasteiger partial charge in [0.05, 0.1) is 16.8 Å². The van der Waals surface area contributed by atoms with Crippen LogP contribution >= 0.6 is 15.9 Å². The van der Waals surface area contributed by atoms with E-state index in [1.165, 1.54) is 6.07 Å². The molecule has 0 aliphatic heterocycles. The summed E-state index contributed by atoms with van der Waals surface area (Å²) in [6, 6.07) is 2.41. The Labute approximate surface area is 97.7 Å². The molecule has 0 radical (unpaired) electrons. The van der Waals surface area contributed by atoms with E-state index in [0.717, 1.165) is 6.07 Å². The number of carboxylic acids is 1. The third-order valence-electron chi connectivity index (χ3n) is 1.82. The van der Waals surface area contributed by atoms with Gasteiger partial charge in [0.2, 0.25) is 0 Å². The molecule has 0 bridgehead atoms. The molecule has 4 nitrogen and oxygen atoms in total. The molecule has 0 amide bonds. The van der Waals surface area contributed by atoms with Crippen LogP contribution < -0.4 is 0 Å². The topological polar surface area (TPSA) is 74.0 Å². The minimum absolute atomic E-state index is 0.0261. The van der Waals surface area contributed by atoms with Crippen molar-refractivity contribution in [3.63, 3.8) is 0 Å². The predicted molar refractivity (Wildman–Crippen MR) is 53.5 cm³/mol. The first-order valence-electron chi connectivity index (χ1n) is 4.02. The van der Waals surface area contributed by atoms with Gasteiger partial charge in [-0.15, -0.1) is 0 Å². The van der Waals surface area contributed by atoms with Crippen molar-refractivity contribution in [1.82, 2.24) is 4.98 Å². The molecule has 0 fully saturated rings. The van der Waals surface area contributed by atoms with Crippen LogP contribution in [0.15, 0.2) is 6.07 Å². The maximum absolute atomic E-state index is 12.5. The summed E-state index contributed by atoms with van der Waals surface area (Å²) in [5.41, 5.74) is -1.39. The molecule has 7 heteroatoms. The third-order valence-corrected chi connectivity index (χ3v) is 2.35. The van der Waals surface area contributed by atoms with Crippen LogP contribution in [0.25, 0.3) is 0 Å². The first kappa shape index (κ1) is 12.5. The zero-order valence-corrected chi connectivity index (χ0v) is 9.33. The molecule has 84 valence electrons. The smallest absolute Gasteiger partial charge is 0.337 e. The van der Waals surface area contributed by atoms with Gasteiger partial charge in [0.1, 0.15) is 11.8 Å². The van der Waals surface area contributed by atoms with E-state index in [9.17, 15) is 13.6 Å². The first-order chi connectivity index (χ1) is 7.51. The van der Waals surface area contributed by atoms with E-state index in [2.05, 4.69) is 20.9 Å². The maximum Gasteiger partial charge on any atom is 0.337 e. The van der Waals surface area contributed by atoms with Crippen molar-refractivity contribution in [2.75, 3.05) is 0 Å². The van der Waals surface area contributed by atoms with Gasteiger partial charge < -0.3 is 5.11 Å². The van der Waals surface area contributed by atoms with E-state index in [-0.39, 0.29) is 16.6 Å². The molecule has 1 aromatic rings. The number of pyridine rings is 1. The molecule has 1 aromatic heterocycles. The lowest BCUT2D eigenvalue weighted by Gasteiger charge is -2.07. The van der Waals surface area contributed by atoms with Crippen LogP contribution in [0, 0.1) is 11.3 Å². The van der Waals surface area contributed by atoms with Gasteiger partial charge in [-0.05, 0) is 6.07 Å². The molecule has 1 N–H and O–H groups in total. The molecule has 0 aromatic carbocycles. The molecule has 0 unspecified atom stereocenters. The van der Waals surface area contributed by atoms with Gasteiger partial charge in [-0.25, -0.2) is 18.6 Å². The van der Waals surface area contributed by atoms with Crippen LogP contribution in [-0.4, -0.2) is 16.1 Å². The van der Waals surface area contributed by atoms with Crippen molar-refractivity contribution >= 4 is 21.9 Å². The van der Waals surface area contributed by atoms with Crippen molar-refractivity contribution in [2.24, 2.45) is 0 Å². The number of nitriles is 1. The van der Waals surface area contributed by atoms with Gasteiger partial charge in [-0.2, -0.15) is 5.26 Å². The number of aromatic nitrogens is 1. The van der Waals surface area contributed by atoms with Crippen molar-refractivity contribution in [2.45, 2.75) is 11.8 Å². The Kier molecular flexibility index (Phi) is 3.90. The van der Waals surface area contributed by atoms with Crippen LogP contribution in [0.4, 0.5) is 8.78 Å². The van der Waals surface area contributed by atoms with Gasteiger partial charge in [-0.1, -0.05) is 15.9 Å². The van der Waals surface area contributed by atoms with Crippen LogP contribution in [0.1, 0.15) is 33.7 Å². The van der Waals surface area contributed by atoms with Gasteiger partial charge in [0.25, 0.3) is 6.43 Å². The molecule has 0 aliphatic carbocycles. The molecule has 0 aliphatic rings. The van der Waals surface area contributed by atoms with Crippen LogP contribution in [0.3, 0.4) is 0 Å². The summed E-state index contributed by atoms with van der Waals surface area (Å²) in [7, 11) is 0.